The number of nitro benzene ring substituents is 1. The smallest absolute Gasteiger partial charge is 0.309 e. The van der Waals surface area contributed by atoms with Gasteiger partial charge in [0.15, 0.2) is 0 Å². The lowest BCUT2D eigenvalue weighted by molar-refractivity contribution is -0.385. The van der Waals surface area contributed by atoms with Crippen molar-refractivity contribution in [1.29, 1.82) is 0 Å². The van der Waals surface area contributed by atoms with Gasteiger partial charge in [-0.25, -0.2) is 0 Å². The van der Waals surface area contributed by atoms with Gasteiger partial charge in [0.2, 0.25) is 0 Å². The molecule has 1 N–H and O–H groups in total. The molecule has 0 spiro atoms. The summed E-state index contributed by atoms with van der Waals surface area (Å²) in [5.41, 5.74) is -1.74. The van der Waals surface area contributed by atoms with Crippen molar-refractivity contribution < 1.29 is 18.1 Å². The Kier molecular flexibility index (Phi) is 4.28. The van der Waals surface area contributed by atoms with E-state index in [-0.39, 0.29) is 12.1 Å². The Morgan fingerprint density at radius 2 is 2.06 bits per heavy atom. The van der Waals surface area contributed by atoms with E-state index in [0.717, 1.165) is 12.1 Å². The van der Waals surface area contributed by atoms with Crippen LogP contribution in [0, 0.1) is 22.0 Å². The van der Waals surface area contributed by atoms with E-state index in [1.54, 1.807) is 7.05 Å². The number of alkyl halides is 3. The zero-order valence-electron chi connectivity index (χ0n) is 9.34. The normalized spacial score (nSPS) is 10.7. The molecule has 0 amide bonds. The van der Waals surface area contributed by atoms with E-state index in [9.17, 15) is 23.3 Å². The minimum absolute atomic E-state index is 0.0354. The number of nitro groups is 1. The first kappa shape index (κ1) is 14.0. The summed E-state index contributed by atoms with van der Waals surface area (Å²) in [5, 5.41) is 13.2. The van der Waals surface area contributed by atoms with E-state index in [1.165, 1.54) is 0 Å². The molecule has 1 rings (SSSR count). The lowest BCUT2D eigenvalue weighted by Gasteiger charge is -2.06. The molecule has 4 nitrogen and oxygen atoms in total. The third kappa shape index (κ3) is 3.75. The molecular weight excluding hydrogens is 249 g/mol. The molecule has 0 unspecified atom stereocenters. The van der Waals surface area contributed by atoms with Gasteiger partial charge in [0.1, 0.15) is 0 Å². The molecule has 0 fully saturated rings. The van der Waals surface area contributed by atoms with Gasteiger partial charge in [0.05, 0.1) is 17.0 Å². The van der Waals surface area contributed by atoms with E-state index >= 15 is 0 Å². The summed E-state index contributed by atoms with van der Waals surface area (Å²) in [6, 6.07) is 2.29. The highest BCUT2D eigenvalue weighted by Gasteiger charge is 2.32. The summed E-state index contributed by atoms with van der Waals surface area (Å²) in [6.45, 7) is 0.282. The van der Waals surface area contributed by atoms with Gasteiger partial charge in [0.25, 0.3) is 5.69 Å². The highest BCUT2D eigenvalue weighted by molar-refractivity contribution is 5.47. The van der Waals surface area contributed by atoms with Crippen LogP contribution < -0.4 is 5.32 Å². The van der Waals surface area contributed by atoms with Crippen molar-refractivity contribution in [3.8, 4) is 11.8 Å². The SMILES string of the molecule is CNCC#Cc1cc([N+](=O)[O-])cc(C(F)(F)F)c1. The first-order valence-corrected chi connectivity index (χ1v) is 4.84. The average Bonchev–Trinajstić information content (AvgIpc) is 2.28. The first-order valence-electron chi connectivity index (χ1n) is 4.84. The molecule has 0 aliphatic rings. The van der Waals surface area contributed by atoms with E-state index < -0.39 is 22.4 Å². The molecule has 96 valence electrons. The second-order valence-corrected chi connectivity index (χ2v) is 3.36. The van der Waals surface area contributed by atoms with Crippen LogP contribution in [0.1, 0.15) is 11.1 Å². The van der Waals surface area contributed by atoms with Crippen LogP contribution in [0.3, 0.4) is 0 Å². The molecule has 0 heterocycles. The Bertz CT molecular complexity index is 515. The third-order valence-corrected chi connectivity index (χ3v) is 1.95. The first-order chi connectivity index (χ1) is 8.34. The summed E-state index contributed by atoms with van der Waals surface area (Å²) < 4.78 is 37.5. The van der Waals surface area contributed by atoms with Crippen molar-refractivity contribution in [1.82, 2.24) is 5.32 Å². The van der Waals surface area contributed by atoms with Crippen LogP contribution in [-0.4, -0.2) is 18.5 Å². The molecule has 0 bridgehead atoms. The van der Waals surface area contributed by atoms with Crippen molar-refractivity contribution >= 4 is 5.69 Å². The molecule has 0 aromatic heterocycles. The third-order valence-electron chi connectivity index (χ3n) is 1.95. The molecule has 1 aromatic rings. The molecule has 18 heavy (non-hydrogen) atoms. The van der Waals surface area contributed by atoms with Crippen LogP contribution in [0.25, 0.3) is 0 Å². The summed E-state index contributed by atoms with van der Waals surface area (Å²) in [4.78, 5) is 9.66. The van der Waals surface area contributed by atoms with Crippen molar-refractivity contribution in [3.63, 3.8) is 0 Å². The summed E-state index contributed by atoms with van der Waals surface area (Å²) in [6.07, 6.45) is -4.63. The fraction of sp³-hybridized carbons (Fsp3) is 0.273. The lowest BCUT2D eigenvalue weighted by atomic mass is 10.1. The maximum atomic E-state index is 12.5. The quantitative estimate of drug-likeness (QED) is 0.502. The number of benzene rings is 1. The maximum absolute atomic E-state index is 12.5. The van der Waals surface area contributed by atoms with Gasteiger partial charge in [-0.1, -0.05) is 11.8 Å². The van der Waals surface area contributed by atoms with Gasteiger partial charge < -0.3 is 5.32 Å². The standard InChI is InChI=1S/C11H9F3N2O2/c1-15-4-2-3-8-5-9(11(12,13)14)7-10(6-8)16(17)18/h5-7,15H,4H2,1H3. The molecule has 0 aliphatic carbocycles. The summed E-state index contributed by atoms with van der Waals surface area (Å²) >= 11 is 0. The van der Waals surface area contributed by atoms with Crippen molar-refractivity contribution in [3.05, 3.63) is 39.4 Å². The maximum Gasteiger partial charge on any atom is 0.416 e. The van der Waals surface area contributed by atoms with Gasteiger partial charge in [-0.05, 0) is 13.1 Å². The minimum atomic E-state index is -4.63. The van der Waals surface area contributed by atoms with Crippen LogP contribution in [0.15, 0.2) is 18.2 Å². The molecule has 0 radical (unpaired) electrons. The fourth-order valence-electron chi connectivity index (χ4n) is 1.19. The average molecular weight is 258 g/mol. The van der Waals surface area contributed by atoms with E-state index in [4.69, 9.17) is 0 Å². The number of nitrogens with zero attached hydrogens (tertiary/aromatic N) is 1. The predicted octanol–water partition coefficient (Wildman–Crippen LogP) is 2.18. The molecule has 1 aromatic carbocycles. The van der Waals surface area contributed by atoms with E-state index in [1.807, 2.05) is 0 Å². The van der Waals surface area contributed by atoms with Gasteiger partial charge >= 0.3 is 6.18 Å². The fourth-order valence-corrected chi connectivity index (χ4v) is 1.19. The summed E-state index contributed by atoms with van der Waals surface area (Å²) in [5.74, 6) is 4.98. The van der Waals surface area contributed by atoms with Crippen LogP contribution in [0.5, 0.6) is 0 Å². The number of rotatable bonds is 2. The Balaban J connectivity index is 3.24. The Labute approximate surface area is 101 Å². The molecule has 7 heteroatoms. The zero-order chi connectivity index (χ0) is 13.8. The van der Waals surface area contributed by atoms with E-state index in [0.29, 0.717) is 6.07 Å². The molecule has 0 saturated carbocycles. The topological polar surface area (TPSA) is 55.2 Å². The van der Waals surface area contributed by atoms with Crippen LogP contribution in [-0.2, 0) is 6.18 Å². The van der Waals surface area contributed by atoms with Crippen molar-refractivity contribution in [2.75, 3.05) is 13.6 Å². The second-order valence-electron chi connectivity index (χ2n) is 3.36. The van der Waals surface area contributed by atoms with Gasteiger partial charge in [-0.2, -0.15) is 13.2 Å². The largest absolute Gasteiger partial charge is 0.416 e. The molecule has 0 atom stereocenters. The predicted molar refractivity (Wildman–Crippen MR) is 58.9 cm³/mol. The zero-order valence-corrected chi connectivity index (χ0v) is 9.34. The highest BCUT2D eigenvalue weighted by atomic mass is 19.4. The number of nitrogens with one attached hydrogen (secondary N) is 1. The number of halogens is 3. The second kappa shape index (κ2) is 5.51. The Morgan fingerprint density at radius 3 is 2.56 bits per heavy atom. The van der Waals surface area contributed by atoms with E-state index in [2.05, 4.69) is 17.2 Å². The summed E-state index contributed by atoms with van der Waals surface area (Å²) in [7, 11) is 1.63. The molecular formula is C11H9F3N2O2. The van der Waals surface area contributed by atoms with Gasteiger partial charge in [-0.15, -0.1) is 0 Å². The monoisotopic (exact) mass is 258 g/mol. The molecule has 0 saturated heterocycles. The Hall–Kier alpha value is -2.07. The van der Waals surface area contributed by atoms with Gasteiger partial charge in [-0.3, -0.25) is 10.1 Å². The molecule has 0 aliphatic heterocycles. The number of hydrogen-bond acceptors (Lipinski definition) is 3. The minimum Gasteiger partial charge on any atom is -0.309 e. The highest BCUT2D eigenvalue weighted by Crippen LogP contribution is 2.32. The van der Waals surface area contributed by atoms with Crippen LogP contribution in [0.2, 0.25) is 0 Å². The Morgan fingerprint density at radius 1 is 1.39 bits per heavy atom. The lowest BCUT2D eigenvalue weighted by Crippen LogP contribution is -2.06. The van der Waals surface area contributed by atoms with Crippen molar-refractivity contribution in [2.24, 2.45) is 0 Å². The number of hydrogen-bond donors (Lipinski definition) is 1. The van der Waals surface area contributed by atoms with Crippen molar-refractivity contribution in [2.45, 2.75) is 6.18 Å². The van der Waals surface area contributed by atoms with Crippen LogP contribution >= 0.6 is 0 Å². The van der Waals surface area contributed by atoms with Gasteiger partial charge in [0, 0.05) is 17.7 Å². The number of non-ortho nitro benzene ring substituents is 1. The van der Waals surface area contributed by atoms with Crippen LogP contribution in [0.4, 0.5) is 18.9 Å².